The minimum atomic E-state index is -3.52. The van der Waals surface area contributed by atoms with Gasteiger partial charge in [-0.25, -0.2) is 28.7 Å². The van der Waals surface area contributed by atoms with Crippen LogP contribution in [-0.2, 0) is 10.0 Å². The predicted molar refractivity (Wildman–Crippen MR) is 97.8 cm³/mol. The van der Waals surface area contributed by atoms with Gasteiger partial charge >= 0.3 is 0 Å². The summed E-state index contributed by atoms with van der Waals surface area (Å²) in [5, 5.41) is 14.1. The van der Waals surface area contributed by atoms with Gasteiger partial charge in [0, 0.05) is 11.6 Å². The summed E-state index contributed by atoms with van der Waals surface area (Å²) in [5.74, 6) is 0.493. The van der Waals surface area contributed by atoms with Gasteiger partial charge in [0.05, 0.1) is 22.5 Å². The van der Waals surface area contributed by atoms with Crippen molar-refractivity contribution in [1.29, 1.82) is 0 Å². The smallest absolute Gasteiger partial charge is 0.215 e. The normalized spacial score (nSPS) is 28.2. The number of rotatable bonds is 4. The summed E-state index contributed by atoms with van der Waals surface area (Å²) in [6.07, 6.45) is 7.54. The van der Waals surface area contributed by atoms with Gasteiger partial charge in [-0.05, 0) is 43.6 Å². The second kappa shape index (κ2) is 5.26. The molecule has 3 atom stereocenters. The number of nitrogens with zero attached hydrogens (tertiary/aromatic N) is 4. The Labute approximate surface area is 151 Å². The molecule has 3 N–H and O–H groups in total. The maximum absolute atomic E-state index is 12.2. The van der Waals surface area contributed by atoms with Crippen molar-refractivity contribution in [3.63, 3.8) is 0 Å². The topological polar surface area (TPSA) is 120 Å². The minimum Gasteiger partial charge on any atom is -0.266 e. The van der Waals surface area contributed by atoms with E-state index in [0.29, 0.717) is 24.4 Å². The maximum Gasteiger partial charge on any atom is 0.215 e. The molecule has 0 aromatic carbocycles. The van der Waals surface area contributed by atoms with E-state index in [2.05, 4.69) is 31.9 Å². The fourth-order valence-corrected chi connectivity index (χ4v) is 6.33. The van der Waals surface area contributed by atoms with Crippen LogP contribution in [0.1, 0.15) is 45.1 Å². The second-order valence-electron chi connectivity index (χ2n) is 7.77. The molecule has 2 aliphatic carbocycles. The van der Waals surface area contributed by atoms with Gasteiger partial charge in [0.25, 0.3) is 0 Å². The van der Waals surface area contributed by atoms with E-state index in [9.17, 15) is 8.42 Å². The quantitative estimate of drug-likeness (QED) is 0.725. The summed E-state index contributed by atoms with van der Waals surface area (Å²) < 4.78 is 25.8. The van der Waals surface area contributed by atoms with E-state index < -0.39 is 14.8 Å². The molecule has 5 rings (SSSR count). The van der Waals surface area contributed by atoms with Crippen molar-refractivity contribution in [3.8, 4) is 0 Å². The lowest BCUT2D eigenvalue weighted by molar-refractivity contribution is 0.346. The molecule has 9 heteroatoms. The standard InChI is InChI=1S/C17H22N6O2S/c1-2-10-7-11(17(4-5-17)26(18,24)25)8-14(10)23-15-12-3-6-19-16(12)20-9-13(15)21-22-23/h3,6,9-11,14,22H,2,4-5,7-8H2,1H3,(H2,18,24,25)/t10-,11+,14+/m1/s1. The van der Waals surface area contributed by atoms with Crippen molar-refractivity contribution in [2.75, 3.05) is 0 Å². The molecule has 0 aliphatic heterocycles. The first kappa shape index (κ1) is 16.2. The SMILES string of the molecule is CC[C@@H]1C[C@H](C2(S(N)(=O)=O)CC2)C[C@@H]1n1[nH]nc2cnc3nccc3c21. The van der Waals surface area contributed by atoms with Crippen LogP contribution in [0.25, 0.3) is 22.1 Å². The van der Waals surface area contributed by atoms with Crippen LogP contribution in [0.3, 0.4) is 0 Å². The van der Waals surface area contributed by atoms with Crippen LogP contribution in [0.4, 0.5) is 0 Å². The average molecular weight is 374 g/mol. The summed E-state index contributed by atoms with van der Waals surface area (Å²) in [5.41, 5.74) is 2.51. The van der Waals surface area contributed by atoms with Crippen LogP contribution >= 0.6 is 0 Å². The van der Waals surface area contributed by atoms with E-state index in [4.69, 9.17) is 5.14 Å². The highest BCUT2D eigenvalue weighted by atomic mass is 32.2. The Morgan fingerprint density at radius 1 is 1.35 bits per heavy atom. The Kier molecular flexibility index (Phi) is 3.28. The number of hydrogen-bond acceptors (Lipinski definition) is 5. The van der Waals surface area contributed by atoms with Crippen LogP contribution in [0.5, 0.6) is 0 Å². The molecule has 3 aromatic heterocycles. The lowest BCUT2D eigenvalue weighted by atomic mass is 9.98. The number of pyridine rings is 1. The molecule has 0 amide bonds. The second-order valence-corrected chi connectivity index (χ2v) is 9.67. The Bertz CT molecular complexity index is 1100. The first-order valence-corrected chi connectivity index (χ1v) is 10.7. The zero-order chi connectivity index (χ0) is 18.1. The van der Waals surface area contributed by atoms with Crippen LogP contribution in [0.15, 0.2) is 18.5 Å². The number of aromatic amines is 1. The summed E-state index contributed by atoms with van der Waals surface area (Å²) in [6, 6.07) is 2.13. The molecule has 2 saturated carbocycles. The number of fused-ring (bicyclic) bond motifs is 3. The molecule has 8 nitrogen and oxygen atoms in total. The van der Waals surface area contributed by atoms with Gasteiger partial charge in [0.1, 0.15) is 5.52 Å². The number of aromatic nitrogens is 5. The molecule has 0 spiro atoms. The van der Waals surface area contributed by atoms with Crippen molar-refractivity contribution in [2.45, 2.75) is 49.8 Å². The molecule has 2 fully saturated rings. The van der Waals surface area contributed by atoms with E-state index >= 15 is 0 Å². The van der Waals surface area contributed by atoms with Gasteiger partial charge in [-0.1, -0.05) is 13.3 Å². The fraction of sp³-hybridized carbons (Fsp3) is 0.588. The van der Waals surface area contributed by atoms with E-state index in [0.717, 1.165) is 35.7 Å². The summed E-state index contributed by atoms with van der Waals surface area (Å²) in [4.78, 5) is 8.63. The number of sulfonamides is 1. The zero-order valence-corrected chi connectivity index (χ0v) is 15.4. The first-order valence-electron chi connectivity index (χ1n) is 9.13. The van der Waals surface area contributed by atoms with Crippen molar-refractivity contribution in [3.05, 3.63) is 18.5 Å². The van der Waals surface area contributed by atoms with Crippen molar-refractivity contribution in [1.82, 2.24) is 25.0 Å². The van der Waals surface area contributed by atoms with Gasteiger partial charge < -0.3 is 0 Å². The Hall–Kier alpha value is -2.00. The molecule has 138 valence electrons. The highest BCUT2D eigenvalue weighted by Gasteiger charge is 2.61. The molecule has 0 saturated heterocycles. The Morgan fingerprint density at radius 2 is 2.15 bits per heavy atom. The Morgan fingerprint density at radius 3 is 2.85 bits per heavy atom. The number of nitrogens with one attached hydrogen (secondary N) is 1. The zero-order valence-electron chi connectivity index (χ0n) is 14.6. The fourth-order valence-electron chi connectivity index (χ4n) is 5.00. The highest BCUT2D eigenvalue weighted by molar-refractivity contribution is 7.90. The van der Waals surface area contributed by atoms with Gasteiger partial charge in [-0.2, -0.15) is 5.10 Å². The molecule has 0 bridgehead atoms. The summed E-state index contributed by atoms with van der Waals surface area (Å²) in [7, 11) is -3.52. The summed E-state index contributed by atoms with van der Waals surface area (Å²) >= 11 is 0. The van der Waals surface area contributed by atoms with E-state index in [1.807, 2.05) is 6.07 Å². The van der Waals surface area contributed by atoms with Crippen LogP contribution in [0, 0.1) is 11.8 Å². The van der Waals surface area contributed by atoms with Crippen molar-refractivity contribution >= 4 is 32.1 Å². The van der Waals surface area contributed by atoms with Gasteiger partial charge in [-0.15, -0.1) is 0 Å². The molecular formula is C17H22N6O2S. The minimum absolute atomic E-state index is 0.105. The third-order valence-corrected chi connectivity index (χ3v) is 8.45. The van der Waals surface area contributed by atoms with Crippen LogP contribution in [-0.4, -0.2) is 38.1 Å². The number of hydrogen-bond donors (Lipinski definition) is 2. The number of H-pyrrole nitrogens is 1. The molecular weight excluding hydrogens is 352 g/mol. The largest absolute Gasteiger partial charge is 0.266 e. The molecule has 3 aromatic rings. The molecule has 2 aliphatic rings. The molecule has 0 radical (unpaired) electrons. The summed E-state index contributed by atoms with van der Waals surface area (Å²) in [6.45, 7) is 2.16. The van der Waals surface area contributed by atoms with Crippen LogP contribution < -0.4 is 5.14 Å². The molecule has 3 heterocycles. The average Bonchev–Trinajstić information content (AvgIpc) is 2.98. The number of nitrogens with two attached hydrogens (primary N) is 1. The third kappa shape index (κ3) is 2.10. The Balaban J connectivity index is 1.60. The molecule has 26 heavy (non-hydrogen) atoms. The van der Waals surface area contributed by atoms with Crippen molar-refractivity contribution < 1.29 is 8.42 Å². The van der Waals surface area contributed by atoms with Gasteiger partial charge in [-0.3, -0.25) is 4.68 Å². The molecule has 0 unspecified atom stereocenters. The van der Waals surface area contributed by atoms with E-state index in [-0.39, 0.29) is 12.0 Å². The first-order chi connectivity index (χ1) is 12.4. The van der Waals surface area contributed by atoms with Gasteiger partial charge in [0.2, 0.25) is 10.0 Å². The van der Waals surface area contributed by atoms with Gasteiger partial charge in [0.15, 0.2) is 5.65 Å². The third-order valence-electron chi connectivity index (χ3n) is 6.57. The number of primary sulfonamides is 1. The lowest BCUT2D eigenvalue weighted by Crippen LogP contribution is -2.36. The van der Waals surface area contributed by atoms with E-state index in [1.54, 1.807) is 12.4 Å². The lowest BCUT2D eigenvalue weighted by Gasteiger charge is -2.21. The predicted octanol–water partition coefficient (Wildman–Crippen LogP) is 2.11. The monoisotopic (exact) mass is 374 g/mol. The van der Waals surface area contributed by atoms with Crippen molar-refractivity contribution in [2.24, 2.45) is 17.0 Å². The van der Waals surface area contributed by atoms with Crippen LogP contribution in [0.2, 0.25) is 0 Å². The maximum atomic E-state index is 12.2. The van der Waals surface area contributed by atoms with E-state index in [1.165, 1.54) is 0 Å². The highest BCUT2D eigenvalue weighted by Crippen LogP contribution is 2.58.